The Bertz CT molecular complexity index is 541. The van der Waals surface area contributed by atoms with Gasteiger partial charge in [0.15, 0.2) is 0 Å². The van der Waals surface area contributed by atoms with E-state index in [9.17, 15) is 0 Å². The van der Waals surface area contributed by atoms with Crippen LogP contribution in [-0.4, -0.2) is 6.04 Å². The molecular weight excluding hydrogens is 262 g/mol. The maximum atomic E-state index is 5.81. The SMILES string of the molecule is CC(C)NCc1ccoc1COc1ccc(C(C)C)cc1. The van der Waals surface area contributed by atoms with E-state index < -0.39 is 0 Å². The Morgan fingerprint density at radius 2 is 1.76 bits per heavy atom. The fourth-order valence-electron chi connectivity index (χ4n) is 2.06. The average Bonchev–Trinajstić information content (AvgIpc) is 2.90. The second kappa shape index (κ2) is 7.32. The van der Waals surface area contributed by atoms with Crippen LogP contribution in [0.2, 0.25) is 0 Å². The number of nitrogens with one attached hydrogen (secondary N) is 1. The summed E-state index contributed by atoms with van der Waals surface area (Å²) in [7, 11) is 0. The van der Waals surface area contributed by atoms with Crippen molar-refractivity contribution in [2.24, 2.45) is 0 Å². The number of hydrogen-bond acceptors (Lipinski definition) is 3. The van der Waals surface area contributed by atoms with Gasteiger partial charge in [0.05, 0.1) is 6.26 Å². The molecule has 0 amide bonds. The second-order valence-electron chi connectivity index (χ2n) is 5.92. The molecule has 0 bridgehead atoms. The third-order valence-corrected chi connectivity index (χ3v) is 3.46. The van der Waals surface area contributed by atoms with E-state index in [0.717, 1.165) is 23.6 Å². The van der Waals surface area contributed by atoms with Crippen LogP contribution in [0, 0.1) is 0 Å². The van der Waals surface area contributed by atoms with Crippen molar-refractivity contribution >= 4 is 0 Å². The molecule has 21 heavy (non-hydrogen) atoms. The predicted molar refractivity (Wildman–Crippen MR) is 85.5 cm³/mol. The molecule has 1 aromatic heterocycles. The lowest BCUT2D eigenvalue weighted by Gasteiger charge is -2.10. The Labute approximate surface area is 127 Å². The van der Waals surface area contributed by atoms with Crippen LogP contribution in [0.15, 0.2) is 41.0 Å². The molecule has 0 radical (unpaired) electrons. The summed E-state index contributed by atoms with van der Waals surface area (Å²) in [5.41, 5.74) is 2.48. The van der Waals surface area contributed by atoms with Gasteiger partial charge in [-0.1, -0.05) is 39.8 Å². The standard InChI is InChI=1S/C18H25NO2/c1-13(2)15-5-7-17(8-6-15)21-12-18-16(9-10-20-18)11-19-14(3)4/h5-10,13-14,19H,11-12H2,1-4H3. The smallest absolute Gasteiger partial charge is 0.146 e. The summed E-state index contributed by atoms with van der Waals surface area (Å²) in [6.07, 6.45) is 1.72. The lowest BCUT2D eigenvalue weighted by atomic mass is 10.0. The summed E-state index contributed by atoms with van der Waals surface area (Å²) in [5, 5.41) is 3.39. The van der Waals surface area contributed by atoms with Crippen molar-refractivity contribution in [1.29, 1.82) is 0 Å². The Hall–Kier alpha value is -1.74. The van der Waals surface area contributed by atoms with Crippen LogP contribution in [0.5, 0.6) is 5.75 Å². The number of hydrogen-bond donors (Lipinski definition) is 1. The molecule has 1 heterocycles. The van der Waals surface area contributed by atoms with E-state index in [2.05, 4.69) is 45.1 Å². The van der Waals surface area contributed by atoms with Gasteiger partial charge in [0.2, 0.25) is 0 Å². The maximum Gasteiger partial charge on any atom is 0.146 e. The lowest BCUT2D eigenvalue weighted by molar-refractivity contribution is 0.268. The fourth-order valence-corrected chi connectivity index (χ4v) is 2.06. The average molecular weight is 287 g/mol. The fraction of sp³-hybridized carbons (Fsp3) is 0.444. The quantitative estimate of drug-likeness (QED) is 0.815. The molecule has 0 aliphatic heterocycles. The van der Waals surface area contributed by atoms with Crippen LogP contribution >= 0.6 is 0 Å². The molecule has 0 aliphatic rings. The van der Waals surface area contributed by atoms with Gasteiger partial charge in [0.1, 0.15) is 18.1 Å². The molecule has 114 valence electrons. The highest BCUT2D eigenvalue weighted by atomic mass is 16.5. The van der Waals surface area contributed by atoms with Gasteiger partial charge in [-0.25, -0.2) is 0 Å². The molecule has 2 rings (SSSR count). The van der Waals surface area contributed by atoms with Gasteiger partial charge >= 0.3 is 0 Å². The van der Waals surface area contributed by atoms with Crippen molar-refractivity contribution < 1.29 is 9.15 Å². The van der Waals surface area contributed by atoms with Gasteiger partial charge < -0.3 is 14.5 Å². The Balaban J connectivity index is 1.92. The third kappa shape index (κ3) is 4.64. The van der Waals surface area contributed by atoms with E-state index in [-0.39, 0.29) is 0 Å². The minimum Gasteiger partial charge on any atom is -0.486 e. The van der Waals surface area contributed by atoms with Gasteiger partial charge in [0, 0.05) is 18.2 Å². The van der Waals surface area contributed by atoms with E-state index in [1.807, 2.05) is 18.2 Å². The summed E-state index contributed by atoms with van der Waals surface area (Å²) in [6.45, 7) is 9.90. The predicted octanol–water partition coefficient (Wildman–Crippen LogP) is 4.48. The van der Waals surface area contributed by atoms with Crippen LogP contribution in [0.3, 0.4) is 0 Å². The van der Waals surface area contributed by atoms with Gasteiger partial charge in [-0.2, -0.15) is 0 Å². The highest BCUT2D eigenvalue weighted by molar-refractivity contribution is 5.29. The molecule has 0 aliphatic carbocycles. The van der Waals surface area contributed by atoms with Crippen LogP contribution < -0.4 is 10.1 Å². The molecule has 0 saturated heterocycles. The third-order valence-electron chi connectivity index (χ3n) is 3.46. The minimum atomic E-state index is 0.456. The molecule has 0 unspecified atom stereocenters. The van der Waals surface area contributed by atoms with Crippen molar-refractivity contribution in [2.75, 3.05) is 0 Å². The van der Waals surface area contributed by atoms with Crippen LogP contribution in [0.25, 0.3) is 0 Å². The summed E-state index contributed by atoms with van der Waals surface area (Å²) in [5.74, 6) is 2.30. The van der Waals surface area contributed by atoms with E-state index in [1.165, 1.54) is 5.56 Å². The van der Waals surface area contributed by atoms with Gasteiger partial charge in [-0.3, -0.25) is 0 Å². The first-order valence-electron chi connectivity index (χ1n) is 7.57. The zero-order valence-corrected chi connectivity index (χ0v) is 13.3. The molecule has 0 fully saturated rings. The maximum absolute atomic E-state index is 5.81. The van der Waals surface area contributed by atoms with Crippen molar-refractivity contribution in [3.05, 3.63) is 53.5 Å². The van der Waals surface area contributed by atoms with Crippen molar-refractivity contribution in [1.82, 2.24) is 5.32 Å². The van der Waals surface area contributed by atoms with Crippen LogP contribution in [0.1, 0.15) is 50.5 Å². The molecule has 1 aromatic carbocycles. The first-order valence-corrected chi connectivity index (χ1v) is 7.57. The Kier molecular flexibility index (Phi) is 5.45. The number of benzene rings is 1. The number of rotatable bonds is 7. The molecule has 0 atom stereocenters. The monoisotopic (exact) mass is 287 g/mol. The molecular formula is C18H25NO2. The van der Waals surface area contributed by atoms with Crippen molar-refractivity contribution in [3.8, 4) is 5.75 Å². The second-order valence-corrected chi connectivity index (χ2v) is 5.92. The molecule has 2 aromatic rings. The molecule has 1 N–H and O–H groups in total. The van der Waals surface area contributed by atoms with Crippen LogP contribution in [-0.2, 0) is 13.2 Å². The van der Waals surface area contributed by atoms with Crippen molar-refractivity contribution in [3.63, 3.8) is 0 Å². The number of furan rings is 1. The minimum absolute atomic E-state index is 0.456. The van der Waals surface area contributed by atoms with Gasteiger partial charge in [-0.05, 0) is 29.7 Å². The summed E-state index contributed by atoms with van der Waals surface area (Å²) in [6, 6.07) is 10.7. The summed E-state index contributed by atoms with van der Waals surface area (Å²) < 4.78 is 11.3. The lowest BCUT2D eigenvalue weighted by Crippen LogP contribution is -2.22. The zero-order chi connectivity index (χ0) is 15.2. The van der Waals surface area contributed by atoms with Crippen LogP contribution in [0.4, 0.5) is 0 Å². The summed E-state index contributed by atoms with van der Waals surface area (Å²) in [4.78, 5) is 0. The Morgan fingerprint density at radius 1 is 1.05 bits per heavy atom. The van der Waals surface area contributed by atoms with E-state index >= 15 is 0 Å². The Morgan fingerprint density at radius 3 is 2.38 bits per heavy atom. The van der Waals surface area contributed by atoms with E-state index in [0.29, 0.717) is 18.6 Å². The van der Waals surface area contributed by atoms with E-state index in [1.54, 1.807) is 6.26 Å². The molecule has 0 spiro atoms. The molecule has 3 nitrogen and oxygen atoms in total. The topological polar surface area (TPSA) is 34.4 Å². The van der Waals surface area contributed by atoms with Gasteiger partial charge in [0.25, 0.3) is 0 Å². The highest BCUT2D eigenvalue weighted by Crippen LogP contribution is 2.20. The highest BCUT2D eigenvalue weighted by Gasteiger charge is 2.08. The molecule has 3 heteroatoms. The van der Waals surface area contributed by atoms with E-state index in [4.69, 9.17) is 9.15 Å². The zero-order valence-electron chi connectivity index (χ0n) is 13.3. The molecule has 0 saturated carbocycles. The summed E-state index contributed by atoms with van der Waals surface area (Å²) >= 11 is 0. The van der Waals surface area contributed by atoms with Gasteiger partial charge in [-0.15, -0.1) is 0 Å². The first-order chi connectivity index (χ1) is 10.1. The first kappa shape index (κ1) is 15.6. The normalized spacial score (nSPS) is 11.3. The van der Waals surface area contributed by atoms with Crippen molar-refractivity contribution in [2.45, 2.75) is 52.8 Å². The number of ether oxygens (including phenoxy) is 1. The largest absolute Gasteiger partial charge is 0.486 e.